The number of carbonyl (C=O) groups excluding carboxylic acids is 3. The second-order valence-corrected chi connectivity index (χ2v) is 7.52. The second-order valence-electron chi connectivity index (χ2n) is 7.52. The van der Waals surface area contributed by atoms with Crippen LogP contribution in [0.5, 0.6) is 0 Å². The minimum absolute atomic E-state index is 0.00486. The fourth-order valence-corrected chi connectivity index (χ4v) is 3.97. The molecular weight excluding hydrogens is 382 g/mol. The van der Waals surface area contributed by atoms with Gasteiger partial charge in [-0.1, -0.05) is 30.3 Å². The lowest BCUT2D eigenvalue weighted by Crippen LogP contribution is -2.52. The van der Waals surface area contributed by atoms with Crippen molar-refractivity contribution in [2.24, 2.45) is 0 Å². The number of likely N-dealkylation sites (tertiary alicyclic amines) is 1. The predicted molar refractivity (Wildman–Crippen MR) is 96.4 cm³/mol. The van der Waals surface area contributed by atoms with Gasteiger partial charge in [0.2, 0.25) is 0 Å². The molecule has 0 aromatic heterocycles. The maximum absolute atomic E-state index is 13.0. The van der Waals surface area contributed by atoms with Gasteiger partial charge in [0.25, 0.3) is 0 Å². The van der Waals surface area contributed by atoms with Gasteiger partial charge in [0.15, 0.2) is 23.9 Å². The van der Waals surface area contributed by atoms with Crippen LogP contribution in [0.3, 0.4) is 0 Å². The number of benzene rings is 1. The highest BCUT2D eigenvalue weighted by Gasteiger charge is 2.67. The van der Waals surface area contributed by atoms with E-state index >= 15 is 0 Å². The van der Waals surface area contributed by atoms with Crippen LogP contribution in [0, 0.1) is 0 Å². The normalized spacial score (nSPS) is 32.0. The molecule has 0 radical (unpaired) electrons. The van der Waals surface area contributed by atoms with Gasteiger partial charge in [-0.3, -0.25) is 9.69 Å². The van der Waals surface area contributed by atoms with Crippen LogP contribution in [0.1, 0.15) is 26.3 Å². The maximum atomic E-state index is 13.0. The molecule has 9 nitrogen and oxygen atoms in total. The van der Waals surface area contributed by atoms with E-state index in [1.807, 2.05) is 18.2 Å². The fraction of sp³-hybridized carbons (Fsp3) is 0.550. The largest absolute Gasteiger partial charge is 0.464 e. The number of esters is 1. The highest BCUT2D eigenvalue weighted by molar-refractivity contribution is 6.10. The molecule has 0 spiro atoms. The van der Waals surface area contributed by atoms with Gasteiger partial charge in [-0.25, -0.2) is 9.59 Å². The molecule has 156 valence electrons. The summed E-state index contributed by atoms with van der Waals surface area (Å²) in [6.07, 6.45) is -3.38. The summed E-state index contributed by atoms with van der Waals surface area (Å²) in [5, 5.41) is 0. The van der Waals surface area contributed by atoms with E-state index < -0.39 is 54.2 Å². The molecule has 3 fully saturated rings. The first-order valence-electron chi connectivity index (χ1n) is 9.53. The minimum Gasteiger partial charge on any atom is -0.464 e. The van der Waals surface area contributed by atoms with Gasteiger partial charge in [0.05, 0.1) is 6.61 Å². The molecule has 5 atom stereocenters. The SMILES string of the molecule is CCOC(=O)[C@H]1C(=O)[C@H]2O[C@@H]3OC(C)(C)O[C@@H]3[C@H]2N1C(=O)OCc1ccccc1. The minimum atomic E-state index is -1.44. The van der Waals surface area contributed by atoms with E-state index in [0.717, 1.165) is 10.5 Å². The van der Waals surface area contributed by atoms with Crippen LogP contribution >= 0.6 is 0 Å². The Balaban J connectivity index is 1.59. The third-order valence-corrected chi connectivity index (χ3v) is 5.09. The predicted octanol–water partition coefficient (Wildman–Crippen LogP) is 1.38. The van der Waals surface area contributed by atoms with Gasteiger partial charge in [0.1, 0.15) is 24.9 Å². The molecule has 1 aromatic rings. The zero-order valence-electron chi connectivity index (χ0n) is 16.4. The number of hydrogen-bond acceptors (Lipinski definition) is 8. The molecule has 0 saturated carbocycles. The van der Waals surface area contributed by atoms with Crippen molar-refractivity contribution < 1.29 is 38.1 Å². The number of amides is 1. The summed E-state index contributed by atoms with van der Waals surface area (Å²) in [6.45, 7) is 5.11. The van der Waals surface area contributed by atoms with Crippen molar-refractivity contribution in [2.45, 2.75) is 63.7 Å². The molecule has 1 amide bonds. The lowest BCUT2D eigenvalue weighted by atomic mass is 10.1. The van der Waals surface area contributed by atoms with E-state index in [0.29, 0.717) is 0 Å². The van der Waals surface area contributed by atoms with Gasteiger partial charge in [-0.2, -0.15) is 0 Å². The van der Waals surface area contributed by atoms with Gasteiger partial charge in [-0.05, 0) is 26.3 Å². The number of nitrogens with zero attached hydrogens (tertiary/aromatic N) is 1. The highest BCUT2D eigenvalue weighted by Crippen LogP contribution is 2.44. The Labute approximate surface area is 167 Å². The Bertz CT molecular complexity index is 810. The number of ether oxygens (including phenoxy) is 5. The monoisotopic (exact) mass is 405 g/mol. The summed E-state index contributed by atoms with van der Waals surface area (Å²) in [4.78, 5) is 39.4. The quantitative estimate of drug-likeness (QED) is 0.547. The Morgan fingerprint density at radius 1 is 1.14 bits per heavy atom. The van der Waals surface area contributed by atoms with Crippen molar-refractivity contribution in [2.75, 3.05) is 6.61 Å². The van der Waals surface area contributed by atoms with Gasteiger partial charge in [-0.15, -0.1) is 0 Å². The summed E-state index contributed by atoms with van der Waals surface area (Å²) >= 11 is 0. The molecule has 0 N–H and O–H groups in total. The standard InChI is InChI=1S/C20H23NO8/c1-4-25-17(23)12-14(22)15-13(16-18(27-15)29-20(2,3)28-16)21(12)19(24)26-10-11-8-6-5-7-9-11/h5-9,12-13,15-16,18H,4,10H2,1-3H3/t12-,13+,15+,16-,18-/m1/s1. The van der Waals surface area contributed by atoms with Crippen molar-refractivity contribution in [3.63, 3.8) is 0 Å². The lowest BCUT2D eigenvalue weighted by molar-refractivity contribution is -0.206. The van der Waals surface area contributed by atoms with E-state index in [4.69, 9.17) is 23.7 Å². The molecule has 3 aliphatic heterocycles. The van der Waals surface area contributed by atoms with Crippen molar-refractivity contribution in [1.82, 2.24) is 4.90 Å². The first-order valence-corrected chi connectivity index (χ1v) is 9.53. The van der Waals surface area contributed by atoms with Crippen molar-refractivity contribution in [3.8, 4) is 0 Å². The molecule has 1 aromatic carbocycles. The number of ketones is 1. The van der Waals surface area contributed by atoms with E-state index in [2.05, 4.69) is 0 Å². The van der Waals surface area contributed by atoms with Crippen LogP contribution in [0.4, 0.5) is 4.79 Å². The van der Waals surface area contributed by atoms with Crippen molar-refractivity contribution >= 4 is 17.8 Å². The summed E-state index contributed by atoms with van der Waals surface area (Å²) in [5.74, 6) is -2.32. The molecule has 0 aliphatic carbocycles. The molecule has 3 aliphatic rings. The van der Waals surface area contributed by atoms with E-state index in [-0.39, 0.29) is 13.2 Å². The number of hydrogen-bond donors (Lipinski definition) is 0. The maximum Gasteiger partial charge on any atom is 0.411 e. The third kappa shape index (κ3) is 3.50. The average Bonchev–Trinajstić information content (AvgIpc) is 3.26. The van der Waals surface area contributed by atoms with Crippen LogP contribution in [0.25, 0.3) is 0 Å². The van der Waals surface area contributed by atoms with Gasteiger partial charge >= 0.3 is 12.1 Å². The number of rotatable bonds is 4. The molecule has 0 unspecified atom stereocenters. The summed E-state index contributed by atoms with van der Waals surface area (Å²) in [7, 11) is 0. The van der Waals surface area contributed by atoms with Crippen molar-refractivity contribution in [1.29, 1.82) is 0 Å². The number of Topliss-reactive ketones (excluding diaryl/α,β-unsaturated/α-hetero) is 1. The Kier molecular flexibility index (Phi) is 5.05. The van der Waals surface area contributed by atoms with E-state index in [1.165, 1.54) is 0 Å². The van der Waals surface area contributed by atoms with Gasteiger partial charge in [0, 0.05) is 0 Å². The molecule has 3 saturated heterocycles. The summed E-state index contributed by atoms with van der Waals surface area (Å²) in [5.41, 5.74) is 0.776. The molecule has 29 heavy (non-hydrogen) atoms. The smallest absolute Gasteiger partial charge is 0.411 e. The summed E-state index contributed by atoms with van der Waals surface area (Å²) in [6, 6.07) is 6.82. The Morgan fingerprint density at radius 2 is 1.86 bits per heavy atom. The van der Waals surface area contributed by atoms with Crippen molar-refractivity contribution in [3.05, 3.63) is 35.9 Å². The van der Waals surface area contributed by atoms with Crippen LogP contribution in [-0.4, -0.2) is 65.7 Å². The first kappa shape index (κ1) is 19.8. The van der Waals surface area contributed by atoms with Crippen LogP contribution in [-0.2, 0) is 39.9 Å². The number of fused-ring (bicyclic) bond motifs is 3. The molecule has 3 heterocycles. The average molecular weight is 405 g/mol. The molecule has 9 heteroatoms. The second kappa shape index (κ2) is 7.40. The number of carbonyl (C=O) groups is 3. The van der Waals surface area contributed by atoms with Crippen LogP contribution < -0.4 is 0 Å². The first-order chi connectivity index (χ1) is 13.8. The van der Waals surface area contributed by atoms with Crippen LogP contribution in [0.15, 0.2) is 30.3 Å². The lowest BCUT2D eigenvalue weighted by Gasteiger charge is -2.29. The zero-order valence-corrected chi connectivity index (χ0v) is 16.4. The fourth-order valence-electron chi connectivity index (χ4n) is 3.97. The Morgan fingerprint density at radius 3 is 2.55 bits per heavy atom. The summed E-state index contributed by atoms with van der Waals surface area (Å²) < 4.78 is 27.7. The molecule has 0 bridgehead atoms. The topological polar surface area (TPSA) is 101 Å². The van der Waals surface area contributed by atoms with E-state index in [1.54, 1.807) is 32.9 Å². The van der Waals surface area contributed by atoms with E-state index in [9.17, 15) is 14.4 Å². The molecular formula is C20H23NO8. The third-order valence-electron chi connectivity index (χ3n) is 5.09. The zero-order chi connectivity index (χ0) is 20.8. The van der Waals surface area contributed by atoms with Crippen LogP contribution in [0.2, 0.25) is 0 Å². The van der Waals surface area contributed by atoms with Gasteiger partial charge < -0.3 is 23.7 Å². The highest BCUT2D eigenvalue weighted by atomic mass is 16.8. The Hall–Kier alpha value is -2.49. The molecule has 4 rings (SSSR count).